The number of benzene rings is 2. The van der Waals surface area contributed by atoms with E-state index in [2.05, 4.69) is 17.2 Å². The summed E-state index contributed by atoms with van der Waals surface area (Å²) in [4.78, 5) is 18.0. The molecule has 1 atom stereocenters. The molecule has 0 spiro atoms. The molecule has 0 saturated heterocycles. The summed E-state index contributed by atoms with van der Waals surface area (Å²) < 4.78 is 19.5. The van der Waals surface area contributed by atoms with Crippen molar-refractivity contribution in [3.05, 3.63) is 69.9 Å². The van der Waals surface area contributed by atoms with Gasteiger partial charge in [0.1, 0.15) is 12.6 Å². The maximum Gasteiger partial charge on any atom is 0.338 e. The first-order valence-corrected chi connectivity index (χ1v) is 14.2. The first kappa shape index (κ1) is 27.9. The number of allylic oxidation sites excluding steroid dienone is 1. The second-order valence-electron chi connectivity index (χ2n) is 8.67. The molecule has 0 radical (unpaired) electrons. The highest BCUT2D eigenvalue weighted by atomic mass is 35.5. The van der Waals surface area contributed by atoms with Gasteiger partial charge in [0.25, 0.3) is 0 Å². The number of carbonyl (C=O) groups is 1. The molecular formula is C28H33ClN4O4S. The van der Waals surface area contributed by atoms with Crippen LogP contribution in [0.15, 0.2) is 58.9 Å². The van der Waals surface area contributed by atoms with Crippen molar-refractivity contribution < 1.29 is 19.0 Å². The molecule has 38 heavy (non-hydrogen) atoms. The van der Waals surface area contributed by atoms with Gasteiger partial charge in [-0.05, 0) is 49.8 Å². The number of aromatic nitrogens is 3. The summed E-state index contributed by atoms with van der Waals surface area (Å²) >= 11 is 7.85. The van der Waals surface area contributed by atoms with Crippen LogP contribution in [0.25, 0.3) is 0 Å². The van der Waals surface area contributed by atoms with Crippen LogP contribution in [0, 0.1) is 0 Å². The summed E-state index contributed by atoms with van der Waals surface area (Å²) in [5.41, 5.74) is 2.85. The molecule has 1 aliphatic rings. The zero-order valence-electron chi connectivity index (χ0n) is 22.1. The van der Waals surface area contributed by atoms with E-state index in [1.54, 1.807) is 4.68 Å². The molecule has 1 aromatic heterocycles. The topological polar surface area (TPSA) is 87.5 Å². The number of rotatable bonds is 12. The van der Waals surface area contributed by atoms with Gasteiger partial charge >= 0.3 is 5.97 Å². The number of fused-ring (bicyclic) bond motifs is 1. The Hall–Kier alpha value is -3.17. The van der Waals surface area contributed by atoms with Gasteiger partial charge in [-0.25, -0.2) is 9.48 Å². The van der Waals surface area contributed by atoms with Crippen molar-refractivity contribution in [2.45, 2.75) is 58.3 Å². The van der Waals surface area contributed by atoms with Crippen molar-refractivity contribution in [3.8, 4) is 11.5 Å². The number of unbranched alkanes of at least 4 members (excludes halogenated alkanes) is 1. The SMILES string of the molecule is CCCCOC(=O)C1=C(C)Nc2nc(SCC)nn2C1c1ccc(OCc2ccccc2Cl)c(OCC)c1. The monoisotopic (exact) mass is 556 g/mol. The standard InChI is InChI=1S/C28H33ClN4O4S/c1-5-8-15-36-26(34)24-18(4)30-27-31-28(38-7-3)32-33(27)25(24)19-13-14-22(23(16-19)35-6-2)37-17-20-11-9-10-12-21(20)29/h9-14,16,25H,5-8,15,17H2,1-4H3,(H,30,31,32). The fourth-order valence-electron chi connectivity index (χ4n) is 4.13. The van der Waals surface area contributed by atoms with Gasteiger partial charge in [-0.1, -0.05) is 67.9 Å². The van der Waals surface area contributed by atoms with E-state index in [9.17, 15) is 4.79 Å². The highest BCUT2D eigenvalue weighted by Gasteiger charge is 2.35. The van der Waals surface area contributed by atoms with E-state index in [0.29, 0.717) is 58.7 Å². The minimum Gasteiger partial charge on any atom is -0.490 e. The van der Waals surface area contributed by atoms with Crippen molar-refractivity contribution >= 4 is 35.3 Å². The van der Waals surface area contributed by atoms with Gasteiger partial charge in [0.05, 0.1) is 18.8 Å². The lowest BCUT2D eigenvalue weighted by molar-refractivity contribution is -0.139. The number of nitrogens with one attached hydrogen (secondary N) is 1. The molecule has 1 unspecified atom stereocenters. The number of thioether (sulfide) groups is 1. The number of anilines is 1. The summed E-state index contributed by atoms with van der Waals surface area (Å²) in [6, 6.07) is 12.7. The number of halogens is 1. The Bertz CT molecular complexity index is 1310. The largest absolute Gasteiger partial charge is 0.490 e. The van der Waals surface area contributed by atoms with Crippen LogP contribution in [-0.4, -0.2) is 39.7 Å². The average Bonchev–Trinajstić information content (AvgIpc) is 3.30. The summed E-state index contributed by atoms with van der Waals surface area (Å²) in [7, 11) is 0. The molecule has 2 aromatic carbocycles. The van der Waals surface area contributed by atoms with Gasteiger partial charge < -0.3 is 19.5 Å². The molecule has 4 rings (SSSR count). The lowest BCUT2D eigenvalue weighted by Gasteiger charge is -2.28. The van der Waals surface area contributed by atoms with Crippen molar-refractivity contribution in [2.24, 2.45) is 0 Å². The van der Waals surface area contributed by atoms with Crippen molar-refractivity contribution in [1.29, 1.82) is 0 Å². The lowest BCUT2D eigenvalue weighted by atomic mass is 9.95. The Morgan fingerprint density at radius 3 is 2.68 bits per heavy atom. The third kappa shape index (κ3) is 6.27. The van der Waals surface area contributed by atoms with Crippen LogP contribution in [0.3, 0.4) is 0 Å². The van der Waals surface area contributed by atoms with Crippen LogP contribution >= 0.6 is 23.4 Å². The normalized spacial score (nSPS) is 14.6. The molecule has 202 valence electrons. The molecule has 0 saturated carbocycles. The van der Waals surface area contributed by atoms with Crippen LogP contribution in [0.2, 0.25) is 5.02 Å². The first-order chi connectivity index (χ1) is 18.5. The molecule has 0 bridgehead atoms. The van der Waals surface area contributed by atoms with E-state index in [1.807, 2.05) is 63.2 Å². The zero-order chi connectivity index (χ0) is 27.1. The van der Waals surface area contributed by atoms with Gasteiger partial charge in [0, 0.05) is 16.3 Å². The summed E-state index contributed by atoms with van der Waals surface area (Å²) in [6.45, 7) is 8.99. The molecule has 1 aliphatic heterocycles. The maximum absolute atomic E-state index is 13.3. The fourth-order valence-corrected chi connectivity index (χ4v) is 4.88. The van der Waals surface area contributed by atoms with E-state index in [4.69, 9.17) is 30.9 Å². The number of carbonyl (C=O) groups excluding carboxylic acids is 1. The maximum atomic E-state index is 13.3. The number of ether oxygens (including phenoxy) is 3. The molecule has 0 aliphatic carbocycles. The number of nitrogens with zero attached hydrogens (tertiary/aromatic N) is 3. The highest BCUT2D eigenvalue weighted by Crippen LogP contribution is 2.40. The molecule has 3 aromatic rings. The molecular weight excluding hydrogens is 524 g/mol. The Morgan fingerprint density at radius 1 is 1.13 bits per heavy atom. The van der Waals surface area contributed by atoms with Crippen LogP contribution < -0.4 is 14.8 Å². The predicted molar refractivity (Wildman–Crippen MR) is 150 cm³/mol. The fraction of sp³-hybridized carbons (Fsp3) is 0.393. The number of hydrogen-bond donors (Lipinski definition) is 1. The van der Waals surface area contributed by atoms with E-state index in [0.717, 1.165) is 29.7 Å². The van der Waals surface area contributed by atoms with E-state index in [1.165, 1.54) is 11.8 Å². The van der Waals surface area contributed by atoms with Crippen molar-refractivity contribution in [1.82, 2.24) is 14.8 Å². The van der Waals surface area contributed by atoms with Crippen molar-refractivity contribution in [3.63, 3.8) is 0 Å². The molecule has 8 nitrogen and oxygen atoms in total. The van der Waals surface area contributed by atoms with Gasteiger partial charge in [-0.3, -0.25) is 0 Å². The van der Waals surface area contributed by atoms with Crippen LogP contribution in [-0.2, 0) is 16.1 Å². The van der Waals surface area contributed by atoms with Gasteiger partial charge in [-0.15, -0.1) is 5.10 Å². The summed E-state index contributed by atoms with van der Waals surface area (Å²) in [6.07, 6.45) is 1.74. The van der Waals surface area contributed by atoms with Crippen LogP contribution in [0.1, 0.15) is 57.7 Å². The minimum atomic E-state index is -0.545. The van der Waals surface area contributed by atoms with Gasteiger partial charge in [-0.2, -0.15) is 4.98 Å². The first-order valence-electron chi connectivity index (χ1n) is 12.8. The second-order valence-corrected chi connectivity index (χ2v) is 10.3. The molecule has 0 fully saturated rings. The van der Waals surface area contributed by atoms with E-state index >= 15 is 0 Å². The number of esters is 1. The molecule has 1 N–H and O–H groups in total. The zero-order valence-corrected chi connectivity index (χ0v) is 23.7. The average molecular weight is 557 g/mol. The Labute approximate surface area is 232 Å². The quantitative estimate of drug-likeness (QED) is 0.151. The van der Waals surface area contributed by atoms with E-state index in [-0.39, 0.29) is 5.97 Å². The number of hydrogen-bond acceptors (Lipinski definition) is 8. The Morgan fingerprint density at radius 2 is 1.95 bits per heavy atom. The minimum absolute atomic E-state index is 0.297. The summed E-state index contributed by atoms with van der Waals surface area (Å²) in [5.74, 6) is 2.18. The van der Waals surface area contributed by atoms with Crippen LogP contribution in [0.4, 0.5) is 5.95 Å². The third-order valence-corrected chi connectivity index (χ3v) is 7.07. The molecule has 2 heterocycles. The third-order valence-electron chi connectivity index (χ3n) is 5.98. The Balaban J connectivity index is 1.72. The smallest absolute Gasteiger partial charge is 0.338 e. The second kappa shape index (κ2) is 13.1. The van der Waals surface area contributed by atoms with Crippen LogP contribution in [0.5, 0.6) is 11.5 Å². The Kier molecular flexibility index (Phi) is 9.58. The van der Waals surface area contributed by atoms with Gasteiger partial charge in [0.2, 0.25) is 11.1 Å². The molecule has 0 amide bonds. The highest BCUT2D eigenvalue weighted by molar-refractivity contribution is 7.99. The van der Waals surface area contributed by atoms with Crippen molar-refractivity contribution in [2.75, 3.05) is 24.3 Å². The van der Waals surface area contributed by atoms with Gasteiger partial charge in [0.15, 0.2) is 11.5 Å². The lowest BCUT2D eigenvalue weighted by Crippen LogP contribution is -2.30. The summed E-state index contributed by atoms with van der Waals surface area (Å²) in [5, 5.41) is 9.24. The predicted octanol–water partition coefficient (Wildman–Crippen LogP) is 6.65. The molecule has 10 heteroatoms. The van der Waals surface area contributed by atoms with E-state index < -0.39 is 6.04 Å².